The molecule has 2 aliphatic rings. The molecule has 1 fully saturated rings. The molecule has 0 bridgehead atoms. The highest BCUT2D eigenvalue weighted by molar-refractivity contribution is 9.10. The Morgan fingerprint density at radius 1 is 1.29 bits per heavy atom. The van der Waals surface area contributed by atoms with Crippen LogP contribution in [0.25, 0.3) is 0 Å². The zero-order valence-electron chi connectivity index (χ0n) is 9.79. The van der Waals surface area contributed by atoms with Crippen LogP contribution in [0.15, 0.2) is 22.7 Å². The maximum absolute atomic E-state index is 5.75. The van der Waals surface area contributed by atoms with Crippen LogP contribution in [-0.4, -0.2) is 37.7 Å². The minimum atomic E-state index is 0.511. The lowest BCUT2D eigenvalue weighted by atomic mass is 9.98. The van der Waals surface area contributed by atoms with Crippen molar-refractivity contribution in [2.24, 2.45) is 0 Å². The summed E-state index contributed by atoms with van der Waals surface area (Å²) in [4.78, 5) is 2.57. The van der Waals surface area contributed by atoms with Crippen molar-refractivity contribution in [1.82, 2.24) is 10.2 Å². The maximum atomic E-state index is 5.75. The number of fused-ring (bicyclic) bond motifs is 1. The minimum Gasteiger partial charge on any atom is -0.493 e. The quantitative estimate of drug-likeness (QED) is 0.860. The molecule has 2 aliphatic heterocycles. The van der Waals surface area contributed by atoms with Crippen molar-refractivity contribution in [2.45, 2.75) is 12.5 Å². The molecular formula is C13H17BrN2O. The molecule has 2 heterocycles. The van der Waals surface area contributed by atoms with Crippen LogP contribution in [-0.2, 0) is 0 Å². The molecule has 1 N–H and O–H groups in total. The van der Waals surface area contributed by atoms with Crippen LogP contribution in [0, 0.1) is 0 Å². The average Bonchev–Trinajstić information content (AvgIpc) is 2.39. The zero-order valence-corrected chi connectivity index (χ0v) is 11.4. The molecule has 1 aromatic carbocycles. The molecule has 1 saturated heterocycles. The van der Waals surface area contributed by atoms with Crippen molar-refractivity contribution >= 4 is 15.9 Å². The van der Waals surface area contributed by atoms with E-state index in [4.69, 9.17) is 4.74 Å². The summed E-state index contributed by atoms with van der Waals surface area (Å²) in [6.45, 7) is 5.28. The monoisotopic (exact) mass is 296 g/mol. The second-order valence-corrected chi connectivity index (χ2v) is 5.44. The smallest absolute Gasteiger partial charge is 0.125 e. The van der Waals surface area contributed by atoms with Gasteiger partial charge in [-0.25, -0.2) is 0 Å². The molecule has 3 nitrogen and oxygen atoms in total. The van der Waals surface area contributed by atoms with E-state index in [-0.39, 0.29) is 0 Å². The normalized spacial score (nSPS) is 25.1. The van der Waals surface area contributed by atoms with Crippen LogP contribution in [0.3, 0.4) is 0 Å². The number of piperazine rings is 1. The first-order valence-corrected chi connectivity index (χ1v) is 7.01. The SMILES string of the molecule is Brc1cccc2c1C(N1CCNCC1)CCO2. The van der Waals surface area contributed by atoms with E-state index in [1.807, 2.05) is 6.07 Å². The highest BCUT2D eigenvalue weighted by Gasteiger charge is 2.29. The van der Waals surface area contributed by atoms with Crippen LogP contribution in [0.4, 0.5) is 0 Å². The first-order chi connectivity index (χ1) is 8.36. The molecule has 4 heteroatoms. The van der Waals surface area contributed by atoms with Gasteiger partial charge in [0.25, 0.3) is 0 Å². The molecule has 0 radical (unpaired) electrons. The average molecular weight is 297 g/mol. The van der Waals surface area contributed by atoms with Crippen molar-refractivity contribution in [3.63, 3.8) is 0 Å². The number of rotatable bonds is 1. The fourth-order valence-corrected chi connectivity index (χ4v) is 3.36. The molecule has 0 spiro atoms. The van der Waals surface area contributed by atoms with Crippen LogP contribution < -0.4 is 10.1 Å². The van der Waals surface area contributed by atoms with Crippen molar-refractivity contribution < 1.29 is 4.74 Å². The number of hydrogen-bond donors (Lipinski definition) is 1. The lowest BCUT2D eigenvalue weighted by Crippen LogP contribution is -2.46. The Balaban J connectivity index is 1.92. The fourth-order valence-electron chi connectivity index (χ4n) is 2.75. The van der Waals surface area contributed by atoms with E-state index < -0.39 is 0 Å². The van der Waals surface area contributed by atoms with Crippen molar-refractivity contribution in [2.75, 3.05) is 32.8 Å². The van der Waals surface area contributed by atoms with Gasteiger partial charge in [-0.3, -0.25) is 4.90 Å². The summed E-state index contributed by atoms with van der Waals surface area (Å²) in [7, 11) is 0. The molecular weight excluding hydrogens is 280 g/mol. The lowest BCUT2D eigenvalue weighted by molar-refractivity contribution is 0.125. The summed E-state index contributed by atoms with van der Waals surface area (Å²) in [6.07, 6.45) is 1.09. The molecule has 0 aliphatic carbocycles. The molecule has 1 unspecified atom stereocenters. The maximum Gasteiger partial charge on any atom is 0.125 e. The highest BCUT2D eigenvalue weighted by Crippen LogP contribution is 2.40. The second kappa shape index (κ2) is 4.96. The second-order valence-electron chi connectivity index (χ2n) is 4.59. The van der Waals surface area contributed by atoms with Gasteiger partial charge < -0.3 is 10.1 Å². The van der Waals surface area contributed by atoms with Crippen molar-refractivity contribution in [1.29, 1.82) is 0 Å². The van der Waals surface area contributed by atoms with Gasteiger partial charge in [0.05, 0.1) is 6.61 Å². The molecule has 1 atom stereocenters. The summed E-state index contributed by atoms with van der Waals surface area (Å²) in [5, 5.41) is 3.41. The van der Waals surface area contributed by atoms with Crippen LogP contribution in [0.1, 0.15) is 18.0 Å². The Kier molecular flexibility index (Phi) is 3.36. The lowest BCUT2D eigenvalue weighted by Gasteiger charge is -2.38. The van der Waals surface area contributed by atoms with Crippen molar-refractivity contribution in [3.05, 3.63) is 28.2 Å². The minimum absolute atomic E-state index is 0.511. The topological polar surface area (TPSA) is 24.5 Å². The van der Waals surface area contributed by atoms with Gasteiger partial charge in [-0.1, -0.05) is 22.0 Å². The van der Waals surface area contributed by atoms with E-state index in [0.717, 1.165) is 45.0 Å². The third-order valence-corrected chi connectivity index (χ3v) is 4.28. The molecule has 17 heavy (non-hydrogen) atoms. The third kappa shape index (κ3) is 2.21. The Labute approximate surface area is 110 Å². The molecule has 0 aromatic heterocycles. The van der Waals surface area contributed by atoms with Crippen LogP contribution >= 0.6 is 15.9 Å². The number of nitrogens with one attached hydrogen (secondary N) is 1. The predicted molar refractivity (Wildman–Crippen MR) is 71.4 cm³/mol. The largest absolute Gasteiger partial charge is 0.493 e. The summed E-state index contributed by atoms with van der Waals surface area (Å²) in [6, 6.07) is 6.75. The third-order valence-electron chi connectivity index (χ3n) is 3.59. The van der Waals surface area contributed by atoms with Crippen LogP contribution in [0.5, 0.6) is 5.75 Å². The fraction of sp³-hybridized carbons (Fsp3) is 0.538. The first-order valence-electron chi connectivity index (χ1n) is 6.22. The number of hydrogen-bond acceptors (Lipinski definition) is 3. The van der Waals surface area contributed by atoms with Gasteiger partial charge in [0.15, 0.2) is 0 Å². The highest BCUT2D eigenvalue weighted by atomic mass is 79.9. The Morgan fingerprint density at radius 3 is 2.94 bits per heavy atom. The van der Waals surface area contributed by atoms with Gasteiger partial charge in [0.2, 0.25) is 0 Å². The molecule has 3 rings (SSSR count). The molecule has 92 valence electrons. The Hall–Kier alpha value is -0.580. The zero-order chi connectivity index (χ0) is 11.7. The molecule has 1 aromatic rings. The number of ether oxygens (including phenoxy) is 1. The van der Waals surface area contributed by atoms with Gasteiger partial charge in [0.1, 0.15) is 5.75 Å². The van der Waals surface area contributed by atoms with E-state index in [9.17, 15) is 0 Å². The molecule has 0 saturated carbocycles. The van der Waals surface area contributed by atoms with Gasteiger partial charge in [-0.2, -0.15) is 0 Å². The number of benzene rings is 1. The predicted octanol–water partition coefficient (Wildman–Crippen LogP) is 2.18. The van der Waals surface area contributed by atoms with Crippen molar-refractivity contribution in [3.8, 4) is 5.75 Å². The summed E-state index contributed by atoms with van der Waals surface area (Å²) in [5.41, 5.74) is 1.33. The summed E-state index contributed by atoms with van der Waals surface area (Å²) < 4.78 is 6.93. The van der Waals surface area contributed by atoms with E-state index in [1.165, 1.54) is 10.0 Å². The van der Waals surface area contributed by atoms with E-state index in [1.54, 1.807) is 0 Å². The summed E-state index contributed by atoms with van der Waals surface area (Å²) in [5.74, 6) is 1.05. The van der Waals surface area contributed by atoms with E-state index in [0.29, 0.717) is 6.04 Å². The standard InChI is InChI=1S/C13H17BrN2O/c14-10-2-1-3-12-13(10)11(4-9-17-12)16-7-5-15-6-8-16/h1-3,11,15H,4-9H2. The van der Waals surface area contributed by atoms with E-state index >= 15 is 0 Å². The van der Waals surface area contributed by atoms with Gasteiger partial charge in [0, 0.05) is 48.7 Å². The van der Waals surface area contributed by atoms with Gasteiger partial charge >= 0.3 is 0 Å². The van der Waals surface area contributed by atoms with Gasteiger partial charge in [-0.05, 0) is 12.1 Å². The first kappa shape index (κ1) is 11.5. The summed E-state index contributed by atoms with van der Waals surface area (Å²) >= 11 is 3.67. The Bertz CT molecular complexity index is 404. The van der Waals surface area contributed by atoms with E-state index in [2.05, 4.69) is 38.3 Å². The molecule has 0 amide bonds. The van der Waals surface area contributed by atoms with Gasteiger partial charge in [-0.15, -0.1) is 0 Å². The number of halogens is 1. The van der Waals surface area contributed by atoms with Crippen LogP contribution in [0.2, 0.25) is 0 Å². The Morgan fingerprint density at radius 2 is 2.12 bits per heavy atom. The number of nitrogens with zero attached hydrogens (tertiary/aromatic N) is 1.